The molecule has 1 N–H and O–H groups in total. The van der Waals surface area contributed by atoms with Gasteiger partial charge in [0.2, 0.25) is 5.91 Å². The van der Waals surface area contributed by atoms with Gasteiger partial charge in [-0.25, -0.2) is 4.39 Å². The third-order valence-corrected chi connectivity index (χ3v) is 3.50. The van der Waals surface area contributed by atoms with Crippen LogP contribution in [0.15, 0.2) is 0 Å². The number of piperidine rings is 1. The number of nitrogens with one attached hydrogen (secondary N) is 1. The predicted octanol–water partition coefficient (Wildman–Crippen LogP) is 2.22. The van der Waals surface area contributed by atoms with E-state index in [0.717, 1.165) is 25.9 Å². The molecule has 3 nitrogen and oxygen atoms in total. The van der Waals surface area contributed by atoms with Crippen LogP contribution in [0.3, 0.4) is 0 Å². The second-order valence-electron chi connectivity index (χ2n) is 6.06. The topological polar surface area (TPSA) is 32.3 Å². The van der Waals surface area contributed by atoms with Gasteiger partial charge in [0, 0.05) is 19.0 Å². The molecule has 0 unspecified atom stereocenters. The SMILES string of the molecule is CC(C)CCN1CC[C@H](NC(=O)C(C)C)[C@H](F)C1. The average molecular weight is 258 g/mol. The minimum Gasteiger partial charge on any atom is -0.350 e. The summed E-state index contributed by atoms with van der Waals surface area (Å²) in [7, 11) is 0. The van der Waals surface area contributed by atoms with Gasteiger partial charge in [-0.15, -0.1) is 0 Å². The Balaban J connectivity index is 2.34. The van der Waals surface area contributed by atoms with Crippen LogP contribution in [-0.4, -0.2) is 42.7 Å². The predicted molar refractivity (Wildman–Crippen MR) is 72.2 cm³/mol. The first-order valence-electron chi connectivity index (χ1n) is 7.07. The van der Waals surface area contributed by atoms with Crippen molar-refractivity contribution in [2.24, 2.45) is 11.8 Å². The molecule has 0 bridgehead atoms. The number of nitrogens with zero attached hydrogens (tertiary/aromatic N) is 1. The lowest BCUT2D eigenvalue weighted by atomic mass is 10.0. The van der Waals surface area contributed by atoms with Gasteiger partial charge in [0.15, 0.2) is 0 Å². The Bertz CT molecular complexity index is 269. The van der Waals surface area contributed by atoms with Crippen LogP contribution in [-0.2, 0) is 4.79 Å². The molecule has 1 amide bonds. The van der Waals surface area contributed by atoms with Crippen molar-refractivity contribution in [3.05, 3.63) is 0 Å². The molecule has 0 aliphatic carbocycles. The van der Waals surface area contributed by atoms with Crippen LogP contribution in [0.1, 0.15) is 40.5 Å². The molecule has 1 fully saturated rings. The summed E-state index contributed by atoms with van der Waals surface area (Å²) in [6.45, 7) is 10.3. The van der Waals surface area contributed by atoms with E-state index < -0.39 is 6.17 Å². The van der Waals surface area contributed by atoms with Crippen molar-refractivity contribution >= 4 is 5.91 Å². The highest BCUT2D eigenvalue weighted by Gasteiger charge is 2.30. The molecular formula is C14H27FN2O. The van der Waals surface area contributed by atoms with E-state index in [1.54, 1.807) is 0 Å². The molecule has 1 saturated heterocycles. The molecule has 0 saturated carbocycles. The van der Waals surface area contributed by atoms with E-state index >= 15 is 0 Å². The number of amides is 1. The van der Waals surface area contributed by atoms with E-state index in [4.69, 9.17) is 0 Å². The summed E-state index contributed by atoms with van der Waals surface area (Å²) in [5, 5.41) is 2.81. The number of rotatable bonds is 5. The normalized spacial score (nSPS) is 25.7. The van der Waals surface area contributed by atoms with Crippen LogP contribution >= 0.6 is 0 Å². The summed E-state index contributed by atoms with van der Waals surface area (Å²) >= 11 is 0. The maximum atomic E-state index is 14.0. The second kappa shape index (κ2) is 7.07. The molecular weight excluding hydrogens is 231 g/mol. The van der Waals surface area contributed by atoms with Gasteiger partial charge in [-0.2, -0.15) is 0 Å². The molecule has 0 aromatic rings. The quantitative estimate of drug-likeness (QED) is 0.820. The third-order valence-electron chi connectivity index (χ3n) is 3.50. The van der Waals surface area contributed by atoms with E-state index in [0.29, 0.717) is 12.5 Å². The molecule has 2 atom stereocenters. The van der Waals surface area contributed by atoms with E-state index in [2.05, 4.69) is 24.1 Å². The highest BCUT2D eigenvalue weighted by Crippen LogP contribution is 2.16. The number of likely N-dealkylation sites (tertiary alicyclic amines) is 1. The van der Waals surface area contributed by atoms with Crippen LogP contribution in [0.25, 0.3) is 0 Å². The number of hydrogen-bond acceptors (Lipinski definition) is 2. The van der Waals surface area contributed by atoms with Crippen molar-refractivity contribution < 1.29 is 9.18 Å². The summed E-state index contributed by atoms with van der Waals surface area (Å²) in [6.07, 6.45) is 0.890. The Morgan fingerprint density at radius 3 is 2.56 bits per heavy atom. The Hall–Kier alpha value is -0.640. The molecule has 1 rings (SSSR count). The van der Waals surface area contributed by atoms with Crippen molar-refractivity contribution in [3.63, 3.8) is 0 Å². The molecule has 0 aromatic heterocycles. The monoisotopic (exact) mass is 258 g/mol. The first-order chi connectivity index (χ1) is 8.40. The van der Waals surface area contributed by atoms with Gasteiger partial charge in [0.1, 0.15) is 6.17 Å². The zero-order chi connectivity index (χ0) is 13.7. The van der Waals surface area contributed by atoms with E-state index in [-0.39, 0.29) is 17.9 Å². The van der Waals surface area contributed by atoms with Gasteiger partial charge in [-0.3, -0.25) is 4.79 Å². The molecule has 0 spiro atoms. The number of halogens is 1. The van der Waals surface area contributed by atoms with Gasteiger partial charge in [-0.1, -0.05) is 27.7 Å². The fourth-order valence-corrected chi connectivity index (χ4v) is 2.12. The summed E-state index contributed by atoms with van der Waals surface area (Å²) in [6, 6.07) is -0.296. The molecule has 4 heteroatoms. The summed E-state index contributed by atoms with van der Waals surface area (Å²) in [5.74, 6) is 0.538. The zero-order valence-electron chi connectivity index (χ0n) is 12.1. The summed E-state index contributed by atoms with van der Waals surface area (Å²) in [5.41, 5.74) is 0. The number of alkyl halides is 1. The van der Waals surface area contributed by atoms with Crippen molar-refractivity contribution in [1.29, 1.82) is 0 Å². The van der Waals surface area contributed by atoms with Gasteiger partial charge in [0.05, 0.1) is 6.04 Å². The maximum absolute atomic E-state index is 14.0. The highest BCUT2D eigenvalue weighted by atomic mass is 19.1. The maximum Gasteiger partial charge on any atom is 0.222 e. The minimum atomic E-state index is -0.936. The minimum absolute atomic E-state index is 0.0433. The Labute approximate surface area is 110 Å². The Morgan fingerprint density at radius 1 is 1.39 bits per heavy atom. The van der Waals surface area contributed by atoms with Gasteiger partial charge in [-0.05, 0) is 25.3 Å². The van der Waals surface area contributed by atoms with Gasteiger partial charge >= 0.3 is 0 Å². The Kier molecular flexibility index (Phi) is 6.06. The average Bonchev–Trinajstić information content (AvgIpc) is 2.29. The van der Waals surface area contributed by atoms with E-state index in [9.17, 15) is 9.18 Å². The lowest BCUT2D eigenvalue weighted by Gasteiger charge is -2.35. The highest BCUT2D eigenvalue weighted by molar-refractivity contribution is 5.78. The van der Waals surface area contributed by atoms with Crippen molar-refractivity contribution in [1.82, 2.24) is 10.2 Å². The van der Waals surface area contributed by atoms with Crippen LogP contribution < -0.4 is 5.32 Å². The Morgan fingerprint density at radius 2 is 2.06 bits per heavy atom. The lowest BCUT2D eigenvalue weighted by molar-refractivity contribution is -0.125. The summed E-state index contributed by atoms with van der Waals surface area (Å²) in [4.78, 5) is 13.7. The number of hydrogen-bond donors (Lipinski definition) is 1. The van der Waals surface area contributed by atoms with Crippen molar-refractivity contribution in [3.8, 4) is 0 Å². The van der Waals surface area contributed by atoms with Gasteiger partial charge < -0.3 is 10.2 Å². The zero-order valence-corrected chi connectivity index (χ0v) is 12.1. The van der Waals surface area contributed by atoms with Crippen molar-refractivity contribution in [2.75, 3.05) is 19.6 Å². The molecule has 1 aliphatic rings. The molecule has 1 heterocycles. The van der Waals surface area contributed by atoms with Crippen LogP contribution in [0, 0.1) is 11.8 Å². The third kappa shape index (κ3) is 4.92. The van der Waals surface area contributed by atoms with Gasteiger partial charge in [0.25, 0.3) is 0 Å². The molecule has 0 aromatic carbocycles. The van der Waals surface area contributed by atoms with E-state index in [1.165, 1.54) is 0 Å². The van der Waals surface area contributed by atoms with Crippen LogP contribution in [0.2, 0.25) is 0 Å². The first kappa shape index (κ1) is 15.4. The van der Waals surface area contributed by atoms with Crippen LogP contribution in [0.4, 0.5) is 4.39 Å². The first-order valence-corrected chi connectivity index (χ1v) is 7.07. The molecule has 106 valence electrons. The largest absolute Gasteiger partial charge is 0.350 e. The summed E-state index contributed by atoms with van der Waals surface area (Å²) < 4.78 is 14.0. The standard InChI is InChI=1S/C14H27FN2O/c1-10(2)5-7-17-8-6-13(12(15)9-17)16-14(18)11(3)4/h10-13H,5-9H2,1-4H3,(H,16,18)/t12-,13+/m1/s1. The van der Waals surface area contributed by atoms with E-state index in [1.807, 2.05) is 13.8 Å². The molecule has 18 heavy (non-hydrogen) atoms. The molecule has 0 radical (unpaired) electrons. The fraction of sp³-hybridized carbons (Fsp3) is 0.929. The smallest absolute Gasteiger partial charge is 0.222 e. The second-order valence-corrected chi connectivity index (χ2v) is 6.06. The number of carbonyl (C=O) groups excluding carboxylic acids is 1. The lowest BCUT2D eigenvalue weighted by Crippen LogP contribution is -2.53. The molecule has 1 aliphatic heterocycles. The van der Waals surface area contributed by atoms with Crippen molar-refractivity contribution in [2.45, 2.75) is 52.8 Å². The number of carbonyl (C=O) groups is 1. The van der Waals surface area contributed by atoms with Crippen LogP contribution in [0.5, 0.6) is 0 Å². The fourth-order valence-electron chi connectivity index (χ4n) is 2.12.